The van der Waals surface area contributed by atoms with Crippen LogP contribution >= 0.6 is 11.8 Å². The van der Waals surface area contributed by atoms with E-state index >= 15 is 0 Å². The zero-order valence-electron chi connectivity index (χ0n) is 17.7. The number of carbonyl (C=O) groups excluding carboxylic acids is 1. The van der Waals surface area contributed by atoms with E-state index in [9.17, 15) is 14.9 Å². The number of nitrogens with zero attached hydrogens (tertiary/aromatic N) is 3. The molecule has 0 aliphatic rings. The molecule has 0 N–H and O–H groups in total. The van der Waals surface area contributed by atoms with Crippen LogP contribution in [0.1, 0.15) is 33.3 Å². The first-order valence-corrected chi connectivity index (χ1v) is 11.0. The summed E-state index contributed by atoms with van der Waals surface area (Å²) in [5.74, 6) is 0.803. The van der Waals surface area contributed by atoms with Crippen molar-refractivity contribution in [2.45, 2.75) is 57.0 Å². The number of nitro groups is 1. The third kappa shape index (κ3) is 4.84. The quantitative estimate of drug-likeness (QED) is 0.272. The van der Waals surface area contributed by atoms with Gasteiger partial charge in [0, 0.05) is 52.0 Å². The second-order valence-corrected chi connectivity index (χ2v) is 8.86. The van der Waals surface area contributed by atoms with E-state index in [0.717, 1.165) is 21.4 Å². The minimum absolute atomic E-state index is 0.0960. The van der Waals surface area contributed by atoms with Crippen LogP contribution in [0.2, 0.25) is 0 Å². The molecule has 0 fully saturated rings. The van der Waals surface area contributed by atoms with Crippen LogP contribution in [0, 0.1) is 10.1 Å². The number of hydrogen-bond acceptors (Lipinski definition) is 4. The maximum Gasteiger partial charge on any atom is 0.269 e. The number of amides is 1. The van der Waals surface area contributed by atoms with Gasteiger partial charge in [0.2, 0.25) is 5.91 Å². The van der Waals surface area contributed by atoms with E-state index in [1.54, 1.807) is 23.9 Å². The van der Waals surface area contributed by atoms with Gasteiger partial charge in [-0.25, -0.2) is 0 Å². The van der Waals surface area contributed by atoms with Crippen LogP contribution in [0.4, 0.5) is 5.69 Å². The number of aromatic nitrogens is 1. The Balaban J connectivity index is 1.81. The molecule has 6 nitrogen and oxygen atoms in total. The zero-order valence-corrected chi connectivity index (χ0v) is 18.6. The van der Waals surface area contributed by atoms with Gasteiger partial charge in [0.1, 0.15) is 6.54 Å². The largest absolute Gasteiger partial charge is 0.337 e. The molecular formula is C23H27N3O3S. The molecule has 0 bridgehead atoms. The lowest BCUT2D eigenvalue weighted by Gasteiger charge is -2.31. The highest BCUT2D eigenvalue weighted by molar-refractivity contribution is 7.98. The summed E-state index contributed by atoms with van der Waals surface area (Å²) in [7, 11) is 0. The third-order valence-electron chi connectivity index (χ3n) is 5.00. The molecule has 0 aliphatic carbocycles. The number of rotatable bonds is 8. The Bertz CT molecular complexity index is 1030. The van der Waals surface area contributed by atoms with Gasteiger partial charge in [0.25, 0.3) is 5.69 Å². The fourth-order valence-electron chi connectivity index (χ4n) is 3.73. The van der Waals surface area contributed by atoms with Gasteiger partial charge >= 0.3 is 0 Å². The maximum absolute atomic E-state index is 13.0. The van der Waals surface area contributed by atoms with E-state index in [4.69, 9.17) is 0 Å². The highest BCUT2D eigenvalue weighted by Crippen LogP contribution is 2.32. The van der Waals surface area contributed by atoms with Gasteiger partial charge in [0.15, 0.2) is 0 Å². The van der Waals surface area contributed by atoms with Crippen molar-refractivity contribution < 1.29 is 9.72 Å². The molecule has 0 unspecified atom stereocenters. The van der Waals surface area contributed by atoms with Gasteiger partial charge in [-0.1, -0.05) is 30.3 Å². The number of para-hydroxylation sites is 1. The first-order chi connectivity index (χ1) is 14.3. The van der Waals surface area contributed by atoms with Gasteiger partial charge in [-0.2, -0.15) is 0 Å². The predicted molar refractivity (Wildman–Crippen MR) is 122 cm³/mol. The summed E-state index contributed by atoms with van der Waals surface area (Å²) in [5.41, 5.74) is 2.15. The van der Waals surface area contributed by atoms with Crippen molar-refractivity contribution in [1.82, 2.24) is 9.47 Å². The summed E-state index contributed by atoms with van der Waals surface area (Å²) in [6.45, 7) is 8.46. The summed E-state index contributed by atoms with van der Waals surface area (Å²) < 4.78 is 2.02. The third-order valence-corrected chi connectivity index (χ3v) is 6.11. The number of non-ortho nitro benzene ring substituents is 1. The molecule has 0 atom stereocenters. The van der Waals surface area contributed by atoms with Crippen LogP contribution in [0.5, 0.6) is 0 Å². The minimum atomic E-state index is -0.390. The van der Waals surface area contributed by atoms with Crippen LogP contribution in [0.3, 0.4) is 0 Å². The van der Waals surface area contributed by atoms with Crippen molar-refractivity contribution in [1.29, 1.82) is 0 Å². The van der Waals surface area contributed by atoms with Crippen molar-refractivity contribution in [2.75, 3.05) is 0 Å². The number of nitro benzene ring substituents is 1. The first-order valence-electron chi connectivity index (χ1n) is 10.0. The Morgan fingerprint density at radius 2 is 1.70 bits per heavy atom. The number of benzene rings is 2. The minimum Gasteiger partial charge on any atom is -0.337 e. The van der Waals surface area contributed by atoms with E-state index < -0.39 is 0 Å². The standard InChI is InChI=1S/C23H27N3O3S/c1-16(2)25(17(3)4)23(27)14-24-13-22(20-7-5-6-8-21(20)24)30-15-18-9-11-19(12-10-18)26(28)29/h5-13,16-17H,14-15H2,1-4H3. The van der Waals surface area contributed by atoms with Crippen LogP contribution < -0.4 is 0 Å². The lowest BCUT2D eigenvalue weighted by atomic mass is 10.2. The zero-order chi connectivity index (χ0) is 21.8. The van der Waals surface area contributed by atoms with Crippen molar-refractivity contribution in [3.05, 3.63) is 70.4 Å². The van der Waals surface area contributed by atoms with Crippen molar-refractivity contribution in [2.24, 2.45) is 0 Å². The topological polar surface area (TPSA) is 68.4 Å². The Morgan fingerprint density at radius 1 is 1.07 bits per heavy atom. The Morgan fingerprint density at radius 3 is 2.30 bits per heavy atom. The molecular weight excluding hydrogens is 398 g/mol. The van der Waals surface area contributed by atoms with Crippen LogP contribution in [0.25, 0.3) is 10.9 Å². The second kappa shape index (κ2) is 9.34. The molecule has 2 aromatic carbocycles. The van der Waals surface area contributed by atoms with Crippen LogP contribution in [0.15, 0.2) is 59.6 Å². The monoisotopic (exact) mass is 425 g/mol. The Labute approximate surface area is 181 Å². The van der Waals surface area contributed by atoms with Gasteiger partial charge in [-0.05, 0) is 39.3 Å². The number of hydrogen-bond donors (Lipinski definition) is 0. The summed E-state index contributed by atoms with van der Waals surface area (Å²) >= 11 is 1.67. The summed E-state index contributed by atoms with van der Waals surface area (Å²) in [5, 5.41) is 11.9. The fraction of sp³-hybridized carbons (Fsp3) is 0.348. The van der Waals surface area contributed by atoms with Crippen molar-refractivity contribution >= 4 is 34.3 Å². The Kier molecular flexibility index (Phi) is 6.82. The molecule has 7 heteroatoms. The Hall–Kier alpha value is -2.80. The highest BCUT2D eigenvalue weighted by atomic mass is 32.2. The molecule has 0 spiro atoms. The van der Waals surface area contributed by atoms with Gasteiger partial charge in [0.05, 0.1) is 4.92 Å². The highest BCUT2D eigenvalue weighted by Gasteiger charge is 2.21. The normalized spacial score (nSPS) is 11.4. The van der Waals surface area contributed by atoms with Gasteiger partial charge in [-0.3, -0.25) is 14.9 Å². The molecule has 1 heterocycles. The summed E-state index contributed by atoms with van der Waals surface area (Å²) in [6, 6.07) is 15.0. The first kappa shape index (κ1) is 21.9. The van der Waals surface area contributed by atoms with Crippen molar-refractivity contribution in [3.63, 3.8) is 0 Å². The van der Waals surface area contributed by atoms with E-state index in [1.807, 2.05) is 61.6 Å². The molecule has 1 aromatic heterocycles. The van der Waals surface area contributed by atoms with E-state index in [1.165, 1.54) is 12.1 Å². The second-order valence-electron chi connectivity index (χ2n) is 7.84. The van der Waals surface area contributed by atoms with Gasteiger partial charge < -0.3 is 9.47 Å². The predicted octanol–water partition coefficient (Wildman–Crippen LogP) is 5.49. The fourth-order valence-corrected chi connectivity index (χ4v) is 4.78. The summed E-state index contributed by atoms with van der Waals surface area (Å²) in [6.07, 6.45) is 2.04. The molecule has 3 rings (SSSR count). The number of carbonyl (C=O) groups is 1. The molecule has 0 saturated carbocycles. The average molecular weight is 426 g/mol. The molecule has 0 radical (unpaired) electrons. The summed E-state index contributed by atoms with van der Waals surface area (Å²) in [4.78, 5) is 26.4. The molecule has 158 valence electrons. The van der Waals surface area contributed by atoms with E-state index in [0.29, 0.717) is 12.3 Å². The van der Waals surface area contributed by atoms with E-state index in [-0.39, 0.29) is 28.6 Å². The lowest BCUT2D eigenvalue weighted by molar-refractivity contribution is -0.384. The van der Waals surface area contributed by atoms with Gasteiger partial charge in [-0.15, -0.1) is 11.8 Å². The molecule has 1 amide bonds. The smallest absolute Gasteiger partial charge is 0.269 e. The van der Waals surface area contributed by atoms with E-state index in [2.05, 4.69) is 6.07 Å². The number of fused-ring (bicyclic) bond motifs is 1. The van der Waals surface area contributed by atoms with Crippen molar-refractivity contribution in [3.8, 4) is 0 Å². The maximum atomic E-state index is 13.0. The van der Waals surface area contributed by atoms with Crippen LogP contribution in [-0.2, 0) is 17.1 Å². The average Bonchev–Trinajstić information content (AvgIpc) is 3.03. The lowest BCUT2D eigenvalue weighted by Crippen LogP contribution is -2.43. The molecule has 30 heavy (non-hydrogen) atoms. The SMILES string of the molecule is CC(C)N(C(=O)Cn1cc(SCc2ccc([N+](=O)[O-])cc2)c2ccccc21)C(C)C. The number of thioether (sulfide) groups is 1. The molecule has 0 aliphatic heterocycles. The molecule has 3 aromatic rings. The molecule has 0 saturated heterocycles. The van der Waals surface area contributed by atoms with Crippen LogP contribution in [-0.4, -0.2) is 32.4 Å².